The average molecular weight is 257 g/mol. The minimum Gasteiger partial charge on any atom is -0.223 e. The number of rotatable bonds is 1. The molecule has 0 unspecified atom stereocenters. The van der Waals surface area contributed by atoms with Crippen LogP contribution in [0.4, 0.5) is 0 Å². The van der Waals surface area contributed by atoms with Gasteiger partial charge in [-0.15, -0.1) is 0 Å². The van der Waals surface area contributed by atoms with E-state index in [0.29, 0.717) is 0 Å². The summed E-state index contributed by atoms with van der Waals surface area (Å²) in [5.41, 5.74) is 3.97. The SMILES string of the molecule is CC(C)(C)c1cc(-n2cncn2)cc(C(C)(C)C)c1. The highest BCUT2D eigenvalue weighted by atomic mass is 15.3. The van der Waals surface area contributed by atoms with Crippen molar-refractivity contribution < 1.29 is 0 Å². The van der Waals surface area contributed by atoms with E-state index in [0.717, 1.165) is 5.69 Å². The van der Waals surface area contributed by atoms with E-state index in [1.54, 1.807) is 12.7 Å². The van der Waals surface area contributed by atoms with Gasteiger partial charge in [-0.05, 0) is 34.1 Å². The van der Waals surface area contributed by atoms with Gasteiger partial charge in [-0.2, -0.15) is 5.10 Å². The van der Waals surface area contributed by atoms with Crippen molar-refractivity contribution >= 4 is 0 Å². The summed E-state index contributed by atoms with van der Waals surface area (Å²) in [6.45, 7) is 13.4. The number of nitrogens with zero attached hydrogens (tertiary/aromatic N) is 3. The Balaban J connectivity index is 2.62. The number of hydrogen-bond donors (Lipinski definition) is 0. The predicted octanol–water partition coefficient (Wildman–Crippen LogP) is 3.86. The van der Waals surface area contributed by atoms with E-state index in [1.807, 2.05) is 4.68 Å². The van der Waals surface area contributed by atoms with E-state index < -0.39 is 0 Å². The smallest absolute Gasteiger partial charge is 0.138 e. The Morgan fingerprint density at radius 2 is 1.37 bits per heavy atom. The van der Waals surface area contributed by atoms with Crippen LogP contribution in [0, 0.1) is 0 Å². The van der Waals surface area contributed by atoms with Crippen molar-refractivity contribution in [3.63, 3.8) is 0 Å². The fourth-order valence-electron chi connectivity index (χ4n) is 1.95. The van der Waals surface area contributed by atoms with Crippen molar-refractivity contribution in [3.8, 4) is 5.69 Å². The molecule has 0 fully saturated rings. The summed E-state index contributed by atoms with van der Waals surface area (Å²) in [7, 11) is 0. The van der Waals surface area contributed by atoms with E-state index in [4.69, 9.17) is 0 Å². The van der Waals surface area contributed by atoms with E-state index >= 15 is 0 Å². The lowest BCUT2D eigenvalue weighted by molar-refractivity contribution is 0.567. The number of aromatic nitrogens is 3. The molecule has 102 valence electrons. The molecule has 3 nitrogen and oxygen atoms in total. The molecule has 0 N–H and O–H groups in total. The minimum atomic E-state index is 0.122. The molecule has 0 radical (unpaired) electrons. The maximum atomic E-state index is 4.24. The van der Waals surface area contributed by atoms with Gasteiger partial charge < -0.3 is 0 Å². The molecule has 0 saturated carbocycles. The summed E-state index contributed by atoms with van der Waals surface area (Å²) < 4.78 is 1.82. The van der Waals surface area contributed by atoms with E-state index in [9.17, 15) is 0 Å². The first-order valence-corrected chi connectivity index (χ1v) is 6.69. The molecule has 3 heteroatoms. The number of benzene rings is 1. The maximum absolute atomic E-state index is 4.24. The zero-order valence-electron chi connectivity index (χ0n) is 12.7. The standard InChI is InChI=1S/C16H23N3/c1-15(2,3)12-7-13(16(4,5)6)9-14(8-12)19-11-17-10-18-19/h7-11H,1-6H3. The summed E-state index contributed by atoms with van der Waals surface area (Å²) >= 11 is 0. The lowest BCUT2D eigenvalue weighted by Gasteiger charge is -2.26. The van der Waals surface area contributed by atoms with Crippen molar-refractivity contribution in [1.82, 2.24) is 14.8 Å². The molecule has 0 spiro atoms. The molecular weight excluding hydrogens is 234 g/mol. The van der Waals surface area contributed by atoms with Crippen LogP contribution in [0.1, 0.15) is 52.7 Å². The predicted molar refractivity (Wildman–Crippen MR) is 78.8 cm³/mol. The molecule has 0 bridgehead atoms. The van der Waals surface area contributed by atoms with Crippen molar-refractivity contribution in [2.45, 2.75) is 52.4 Å². The van der Waals surface area contributed by atoms with Crippen molar-refractivity contribution in [2.75, 3.05) is 0 Å². The highest BCUT2D eigenvalue weighted by Gasteiger charge is 2.20. The van der Waals surface area contributed by atoms with Gasteiger partial charge >= 0.3 is 0 Å². The Bertz CT molecular complexity index is 522. The summed E-state index contributed by atoms with van der Waals surface area (Å²) in [5.74, 6) is 0. The Morgan fingerprint density at radius 3 is 1.74 bits per heavy atom. The van der Waals surface area contributed by atoms with Crippen LogP contribution in [0.25, 0.3) is 5.69 Å². The van der Waals surface area contributed by atoms with Crippen LogP contribution in [0.15, 0.2) is 30.9 Å². The zero-order chi connectivity index (χ0) is 14.3. The molecule has 0 amide bonds. The maximum Gasteiger partial charge on any atom is 0.138 e. The molecule has 1 aromatic carbocycles. The van der Waals surface area contributed by atoms with Crippen LogP contribution in [-0.2, 0) is 10.8 Å². The first kappa shape index (κ1) is 13.8. The second-order valence-electron chi connectivity index (χ2n) is 7.11. The fraction of sp³-hybridized carbons (Fsp3) is 0.500. The molecule has 0 aliphatic rings. The highest BCUT2D eigenvalue weighted by molar-refractivity contribution is 5.44. The van der Waals surface area contributed by atoms with Crippen LogP contribution in [0.5, 0.6) is 0 Å². The van der Waals surface area contributed by atoms with Gasteiger partial charge in [0, 0.05) is 0 Å². The Morgan fingerprint density at radius 1 is 0.842 bits per heavy atom. The molecule has 1 aromatic heterocycles. The number of hydrogen-bond acceptors (Lipinski definition) is 2. The van der Waals surface area contributed by atoms with Crippen LogP contribution in [0.3, 0.4) is 0 Å². The molecule has 0 saturated heterocycles. The third-order valence-electron chi connectivity index (χ3n) is 3.33. The molecule has 2 rings (SSSR count). The highest BCUT2D eigenvalue weighted by Crippen LogP contribution is 2.31. The lowest BCUT2D eigenvalue weighted by Crippen LogP contribution is -2.17. The monoisotopic (exact) mass is 257 g/mol. The van der Waals surface area contributed by atoms with E-state index in [1.165, 1.54) is 11.1 Å². The molecule has 1 heterocycles. The van der Waals surface area contributed by atoms with Gasteiger partial charge in [0.25, 0.3) is 0 Å². The van der Waals surface area contributed by atoms with Gasteiger partial charge in [0.1, 0.15) is 12.7 Å². The van der Waals surface area contributed by atoms with Gasteiger partial charge in [-0.3, -0.25) is 0 Å². The first-order valence-electron chi connectivity index (χ1n) is 6.69. The topological polar surface area (TPSA) is 30.7 Å². The van der Waals surface area contributed by atoms with Crippen LogP contribution >= 0.6 is 0 Å². The molecule has 2 aromatic rings. The zero-order valence-corrected chi connectivity index (χ0v) is 12.7. The Hall–Kier alpha value is -1.64. The molecular formula is C16H23N3. The van der Waals surface area contributed by atoms with Gasteiger partial charge in [0.05, 0.1) is 5.69 Å². The molecule has 0 atom stereocenters. The van der Waals surface area contributed by atoms with Crippen molar-refractivity contribution in [2.24, 2.45) is 0 Å². The van der Waals surface area contributed by atoms with Crippen LogP contribution in [0.2, 0.25) is 0 Å². The average Bonchev–Trinajstić information content (AvgIpc) is 2.79. The Labute approximate surface area is 115 Å². The second-order valence-corrected chi connectivity index (χ2v) is 7.11. The largest absolute Gasteiger partial charge is 0.223 e. The van der Waals surface area contributed by atoms with Gasteiger partial charge in [0.15, 0.2) is 0 Å². The third-order valence-corrected chi connectivity index (χ3v) is 3.33. The summed E-state index contributed by atoms with van der Waals surface area (Å²) in [6.07, 6.45) is 3.31. The van der Waals surface area contributed by atoms with Crippen LogP contribution in [-0.4, -0.2) is 14.8 Å². The van der Waals surface area contributed by atoms with Crippen molar-refractivity contribution in [3.05, 3.63) is 42.0 Å². The molecule has 0 aliphatic heterocycles. The van der Waals surface area contributed by atoms with Crippen molar-refractivity contribution in [1.29, 1.82) is 0 Å². The fourth-order valence-corrected chi connectivity index (χ4v) is 1.95. The first-order chi connectivity index (χ1) is 8.68. The third kappa shape index (κ3) is 3.03. The summed E-state index contributed by atoms with van der Waals surface area (Å²) in [4.78, 5) is 4.03. The van der Waals surface area contributed by atoms with Gasteiger partial charge in [-0.1, -0.05) is 47.6 Å². The molecule has 0 aliphatic carbocycles. The Kier molecular flexibility index (Phi) is 3.25. The van der Waals surface area contributed by atoms with E-state index in [2.05, 4.69) is 69.8 Å². The molecule has 19 heavy (non-hydrogen) atoms. The minimum absolute atomic E-state index is 0.122. The normalized spacial score (nSPS) is 12.7. The lowest BCUT2D eigenvalue weighted by atomic mass is 9.80. The summed E-state index contributed by atoms with van der Waals surface area (Å²) in [5, 5.41) is 4.24. The summed E-state index contributed by atoms with van der Waals surface area (Å²) in [6, 6.07) is 6.70. The quantitative estimate of drug-likeness (QED) is 0.776. The second kappa shape index (κ2) is 4.48. The van der Waals surface area contributed by atoms with E-state index in [-0.39, 0.29) is 10.8 Å². The van der Waals surface area contributed by atoms with Gasteiger partial charge in [-0.25, -0.2) is 9.67 Å². The van der Waals surface area contributed by atoms with Gasteiger partial charge in [0.2, 0.25) is 0 Å². The van der Waals surface area contributed by atoms with Crippen LogP contribution < -0.4 is 0 Å².